The van der Waals surface area contributed by atoms with Crippen LogP contribution in [0, 0.1) is 5.82 Å². The number of hydrogen-bond acceptors (Lipinski definition) is 7. The van der Waals surface area contributed by atoms with Gasteiger partial charge >= 0.3 is 17.8 Å². The lowest BCUT2D eigenvalue weighted by atomic mass is 10.2. The highest BCUT2D eigenvalue weighted by Crippen LogP contribution is 2.33. The van der Waals surface area contributed by atoms with Gasteiger partial charge in [0.25, 0.3) is 5.56 Å². The van der Waals surface area contributed by atoms with Crippen LogP contribution in [0.4, 0.5) is 17.6 Å². The summed E-state index contributed by atoms with van der Waals surface area (Å²) in [5.41, 5.74) is -5.53. The first kappa shape index (κ1) is 26.6. The molecule has 0 spiro atoms. The molecule has 0 aliphatic carbocycles. The molecular formula is C22H18ClF4N3O6. The Balaban J connectivity index is 1.87. The number of rotatable bonds is 8. The van der Waals surface area contributed by atoms with E-state index in [0.29, 0.717) is 5.75 Å². The van der Waals surface area contributed by atoms with Gasteiger partial charge in [0.15, 0.2) is 5.69 Å². The second-order valence-corrected chi connectivity index (χ2v) is 7.47. The Morgan fingerprint density at radius 3 is 2.33 bits per heavy atom. The third kappa shape index (κ3) is 5.97. The molecule has 0 atom stereocenters. The molecule has 14 heteroatoms. The van der Waals surface area contributed by atoms with Crippen molar-refractivity contribution in [3.63, 3.8) is 0 Å². The summed E-state index contributed by atoms with van der Waals surface area (Å²) < 4.78 is 69.2. The van der Waals surface area contributed by atoms with Crippen molar-refractivity contribution in [3.05, 3.63) is 79.8 Å². The zero-order valence-corrected chi connectivity index (χ0v) is 19.2. The third-order valence-corrected chi connectivity index (χ3v) is 4.90. The Labute approximate surface area is 205 Å². The van der Waals surface area contributed by atoms with Gasteiger partial charge in [-0.2, -0.15) is 13.2 Å². The van der Waals surface area contributed by atoms with E-state index < -0.39 is 40.6 Å². The van der Waals surface area contributed by atoms with Gasteiger partial charge in [-0.15, -0.1) is 0 Å². The van der Waals surface area contributed by atoms with Gasteiger partial charge in [-0.1, -0.05) is 11.6 Å². The summed E-state index contributed by atoms with van der Waals surface area (Å²) in [6, 6.07) is 7.59. The summed E-state index contributed by atoms with van der Waals surface area (Å²) in [5.74, 6) is 3.99. The fraction of sp³-hybridized carbons (Fsp3) is 0.227. The number of alkyl halides is 3. The van der Waals surface area contributed by atoms with Gasteiger partial charge in [-0.25, -0.2) is 18.4 Å². The van der Waals surface area contributed by atoms with Crippen LogP contribution >= 0.6 is 11.6 Å². The molecule has 2 aromatic carbocycles. The molecule has 1 heterocycles. The Kier molecular flexibility index (Phi) is 7.93. The average molecular weight is 532 g/mol. The van der Waals surface area contributed by atoms with E-state index in [1.165, 1.54) is 24.3 Å². The molecule has 3 rings (SSSR count). The van der Waals surface area contributed by atoms with Crippen molar-refractivity contribution in [1.82, 2.24) is 9.24 Å². The normalized spacial score (nSPS) is 11.3. The average Bonchev–Trinajstić information content (AvgIpc) is 2.79. The molecule has 0 bridgehead atoms. The molecule has 0 saturated heterocycles. The number of halogens is 5. The number of carbonyl (C=O) groups excluding carboxylic acids is 1. The zero-order valence-electron chi connectivity index (χ0n) is 18.5. The molecule has 3 aromatic rings. The molecule has 0 aliphatic rings. The van der Waals surface area contributed by atoms with Crippen LogP contribution in [0.3, 0.4) is 0 Å². The first-order valence-electron chi connectivity index (χ1n) is 10.2. The summed E-state index contributed by atoms with van der Waals surface area (Å²) in [5, 5.41) is -0.251. The molecule has 1 aromatic heterocycles. The first-order chi connectivity index (χ1) is 16.9. The standard InChI is InChI=1S/C22H18ClF4N3O6/c1-2-34-20(32)7-8-35-12-3-5-13(6-4-12)36-17-10-16(15(24)9-14(17)23)29-19(31)11-18(22(25,26)27)30(28)21(29)33/h3-6,9-11H,2,7-8,28H2,1H3. The summed E-state index contributed by atoms with van der Waals surface area (Å²) in [6.45, 7) is 2.02. The van der Waals surface area contributed by atoms with E-state index in [-0.39, 0.29) is 51.5 Å². The Morgan fingerprint density at radius 2 is 1.72 bits per heavy atom. The maximum atomic E-state index is 14.6. The Bertz CT molecular complexity index is 1390. The van der Waals surface area contributed by atoms with Gasteiger partial charge in [0.1, 0.15) is 23.1 Å². The quantitative estimate of drug-likeness (QED) is 0.268. The van der Waals surface area contributed by atoms with E-state index in [1.807, 2.05) is 0 Å². The van der Waals surface area contributed by atoms with Gasteiger partial charge < -0.3 is 20.1 Å². The fourth-order valence-corrected chi connectivity index (χ4v) is 3.17. The minimum Gasteiger partial charge on any atom is -0.493 e. The molecular weight excluding hydrogens is 514 g/mol. The molecule has 0 saturated carbocycles. The molecule has 0 amide bonds. The van der Waals surface area contributed by atoms with Gasteiger partial charge in [0.2, 0.25) is 0 Å². The number of nitrogens with zero attached hydrogens (tertiary/aromatic N) is 2. The number of hydrogen-bond donors (Lipinski definition) is 1. The van der Waals surface area contributed by atoms with Crippen LogP contribution in [0.5, 0.6) is 17.2 Å². The molecule has 0 fully saturated rings. The largest absolute Gasteiger partial charge is 0.493 e. The van der Waals surface area contributed by atoms with Crippen LogP contribution in [-0.2, 0) is 15.7 Å². The van der Waals surface area contributed by atoms with Crippen molar-refractivity contribution in [2.75, 3.05) is 19.1 Å². The summed E-state index contributed by atoms with van der Waals surface area (Å²) in [4.78, 5) is 36.0. The maximum absolute atomic E-state index is 14.6. The van der Waals surface area contributed by atoms with E-state index >= 15 is 0 Å². The number of aromatic nitrogens is 2. The van der Waals surface area contributed by atoms with Crippen molar-refractivity contribution >= 4 is 17.6 Å². The van der Waals surface area contributed by atoms with E-state index in [2.05, 4.69) is 0 Å². The molecule has 0 unspecified atom stereocenters. The summed E-state index contributed by atoms with van der Waals surface area (Å²) >= 11 is 6.01. The van der Waals surface area contributed by atoms with Crippen molar-refractivity contribution < 1.29 is 36.6 Å². The van der Waals surface area contributed by atoms with E-state index in [4.69, 9.17) is 31.7 Å². The highest BCUT2D eigenvalue weighted by molar-refractivity contribution is 6.32. The van der Waals surface area contributed by atoms with E-state index in [1.54, 1.807) is 6.92 Å². The van der Waals surface area contributed by atoms with Crippen LogP contribution in [-0.4, -0.2) is 28.4 Å². The topological polar surface area (TPSA) is 115 Å². The molecule has 192 valence electrons. The Morgan fingerprint density at radius 1 is 1.08 bits per heavy atom. The third-order valence-electron chi connectivity index (χ3n) is 4.60. The first-order valence-corrected chi connectivity index (χ1v) is 10.6. The predicted molar refractivity (Wildman–Crippen MR) is 120 cm³/mol. The zero-order chi connectivity index (χ0) is 26.6. The fourth-order valence-electron chi connectivity index (χ4n) is 2.98. The maximum Gasteiger partial charge on any atom is 0.433 e. The Hall–Kier alpha value is -4.00. The number of ether oxygens (including phenoxy) is 3. The second kappa shape index (κ2) is 10.7. The van der Waals surface area contributed by atoms with E-state index in [0.717, 1.165) is 12.1 Å². The highest BCUT2D eigenvalue weighted by Gasteiger charge is 2.36. The molecule has 0 radical (unpaired) electrons. The van der Waals surface area contributed by atoms with Crippen molar-refractivity contribution in [2.24, 2.45) is 0 Å². The summed E-state index contributed by atoms with van der Waals surface area (Å²) in [7, 11) is 0. The molecule has 2 N–H and O–H groups in total. The summed E-state index contributed by atoms with van der Waals surface area (Å²) in [6.07, 6.45) is -5.04. The number of nitrogens with two attached hydrogens (primary N) is 1. The van der Waals surface area contributed by atoms with Crippen LogP contribution in [0.2, 0.25) is 5.02 Å². The molecule has 9 nitrogen and oxygen atoms in total. The number of benzene rings is 2. The van der Waals surface area contributed by atoms with Gasteiger partial charge in [0, 0.05) is 12.1 Å². The van der Waals surface area contributed by atoms with Crippen molar-refractivity contribution in [3.8, 4) is 22.9 Å². The van der Waals surface area contributed by atoms with Crippen LogP contribution < -0.4 is 26.6 Å². The van der Waals surface area contributed by atoms with Crippen LogP contribution in [0.25, 0.3) is 5.69 Å². The monoisotopic (exact) mass is 531 g/mol. The smallest absolute Gasteiger partial charge is 0.433 e. The molecule has 36 heavy (non-hydrogen) atoms. The number of carbonyl (C=O) groups is 1. The SMILES string of the molecule is CCOC(=O)CCOc1ccc(Oc2cc(-n3c(=O)cc(C(F)(F)F)n(N)c3=O)c(F)cc2Cl)cc1. The van der Waals surface area contributed by atoms with Crippen LogP contribution in [0.15, 0.2) is 52.1 Å². The van der Waals surface area contributed by atoms with Gasteiger partial charge in [0.05, 0.1) is 30.3 Å². The number of nitrogen functional groups attached to an aromatic ring is 1. The minimum absolute atomic E-state index is 0.0495. The van der Waals surface area contributed by atoms with Crippen molar-refractivity contribution in [1.29, 1.82) is 0 Å². The highest BCUT2D eigenvalue weighted by atomic mass is 35.5. The van der Waals surface area contributed by atoms with E-state index in [9.17, 15) is 31.9 Å². The lowest BCUT2D eigenvalue weighted by molar-refractivity contribution is -0.144. The van der Waals surface area contributed by atoms with Crippen LogP contribution in [0.1, 0.15) is 19.0 Å². The predicted octanol–water partition coefficient (Wildman–Crippen LogP) is 3.65. The lowest BCUT2D eigenvalue weighted by Gasteiger charge is -2.15. The number of esters is 1. The minimum atomic E-state index is -5.09. The van der Waals surface area contributed by atoms with Gasteiger partial charge in [-0.3, -0.25) is 9.59 Å². The van der Waals surface area contributed by atoms with Crippen molar-refractivity contribution in [2.45, 2.75) is 19.5 Å². The lowest BCUT2D eigenvalue weighted by Crippen LogP contribution is -2.45. The van der Waals surface area contributed by atoms with Gasteiger partial charge in [-0.05, 0) is 37.3 Å². The molecule has 0 aliphatic heterocycles. The second-order valence-electron chi connectivity index (χ2n) is 7.06.